The molecule has 0 aromatic heterocycles. The minimum absolute atomic E-state index is 0.0663. The molecular formula is C41H44N6O7. The highest BCUT2D eigenvalue weighted by molar-refractivity contribution is 5.87. The van der Waals surface area contributed by atoms with Gasteiger partial charge in [-0.2, -0.15) is 4.99 Å². The number of urea groups is 1. The van der Waals surface area contributed by atoms with Crippen molar-refractivity contribution in [2.75, 3.05) is 19.8 Å². The minimum atomic E-state index is -1.06. The summed E-state index contributed by atoms with van der Waals surface area (Å²) >= 11 is 0. The van der Waals surface area contributed by atoms with Gasteiger partial charge < -0.3 is 36.1 Å². The molecule has 0 bridgehead atoms. The Hall–Kier alpha value is -6.46. The van der Waals surface area contributed by atoms with Crippen LogP contribution in [0.3, 0.4) is 0 Å². The molecule has 0 spiro atoms. The molecule has 0 saturated heterocycles. The maximum Gasteiger partial charge on any atom is 0.407 e. The van der Waals surface area contributed by atoms with E-state index in [0.717, 1.165) is 33.4 Å². The maximum atomic E-state index is 13.4. The Kier molecular flexibility index (Phi) is 13.2. The highest BCUT2D eigenvalue weighted by atomic mass is 16.5. The van der Waals surface area contributed by atoms with E-state index in [1.54, 1.807) is 12.1 Å². The van der Waals surface area contributed by atoms with Crippen molar-refractivity contribution in [2.24, 2.45) is 4.99 Å². The fourth-order valence-corrected chi connectivity index (χ4v) is 6.10. The molecule has 0 aliphatic heterocycles. The second-order valence-corrected chi connectivity index (χ2v) is 13.7. The Labute approximate surface area is 313 Å². The van der Waals surface area contributed by atoms with Gasteiger partial charge in [-0.25, -0.2) is 14.4 Å². The molecule has 0 saturated carbocycles. The number of fused-ring (bicyclic) bond motifs is 3. The molecule has 5 N–H and O–H groups in total. The lowest BCUT2D eigenvalue weighted by Gasteiger charge is -2.22. The maximum absolute atomic E-state index is 13.4. The zero-order chi connectivity index (χ0) is 38.5. The molecule has 0 radical (unpaired) electrons. The molecule has 5 rings (SSSR count). The van der Waals surface area contributed by atoms with Crippen LogP contribution in [0.2, 0.25) is 0 Å². The Morgan fingerprint density at radius 2 is 1.35 bits per heavy atom. The number of aliphatic imine (C=N–C) groups is 1. The third kappa shape index (κ3) is 11.3. The molecular weight excluding hydrogens is 688 g/mol. The fraction of sp³-hybridized carbons (Fsp3) is 0.293. The van der Waals surface area contributed by atoms with Crippen LogP contribution in [0.4, 0.5) is 9.59 Å². The van der Waals surface area contributed by atoms with E-state index in [4.69, 9.17) is 9.47 Å². The van der Waals surface area contributed by atoms with Crippen molar-refractivity contribution >= 4 is 30.0 Å². The Balaban J connectivity index is 1.15. The van der Waals surface area contributed by atoms with Crippen molar-refractivity contribution in [3.05, 3.63) is 125 Å². The van der Waals surface area contributed by atoms with E-state index in [1.807, 2.05) is 112 Å². The molecule has 13 heteroatoms. The molecule has 1 aliphatic carbocycles. The number of rotatable bonds is 15. The molecule has 5 amide bonds. The van der Waals surface area contributed by atoms with Gasteiger partial charge in [-0.1, -0.05) is 91.0 Å². The van der Waals surface area contributed by atoms with Gasteiger partial charge in [-0.05, 0) is 66.3 Å². The van der Waals surface area contributed by atoms with Gasteiger partial charge in [0.25, 0.3) is 0 Å². The zero-order valence-corrected chi connectivity index (χ0v) is 30.4. The van der Waals surface area contributed by atoms with Crippen LogP contribution >= 0.6 is 0 Å². The lowest BCUT2D eigenvalue weighted by atomic mass is 9.98. The number of ether oxygens (including phenoxy) is 2. The first-order chi connectivity index (χ1) is 26.0. The summed E-state index contributed by atoms with van der Waals surface area (Å²) in [4.78, 5) is 66.0. The lowest BCUT2D eigenvalue weighted by Crippen LogP contribution is -2.52. The predicted octanol–water partition coefficient (Wildman–Crippen LogP) is 4.71. The van der Waals surface area contributed by atoms with Gasteiger partial charge in [-0.15, -0.1) is 0 Å². The Bertz CT molecular complexity index is 1930. The molecule has 4 aromatic rings. The summed E-state index contributed by atoms with van der Waals surface area (Å²) in [7, 11) is 0. The number of carbonyl (C=O) groups is 4. The summed E-state index contributed by atoms with van der Waals surface area (Å²) in [5, 5.41) is 12.7. The van der Waals surface area contributed by atoms with Crippen LogP contribution < -0.4 is 31.3 Å². The van der Waals surface area contributed by atoms with Crippen LogP contribution in [0.15, 0.2) is 108 Å². The zero-order valence-electron chi connectivity index (χ0n) is 30.4. The summed E-state index contributed by atoms with van der Waals surface area (Å²) in [5.41, 5.74) is 5.50. The SMILES string of the molecule is CC(C)(C)Oc1ccc(C[C@H](NC(=O)OCC2c3ccccc3-c3ccccc32)C(=O)NCNC(=O)NCC(=O)N[C@@H](Cc2ccccc2)N=C=O)cc1. The van der Waals surface area contributed by atoms with Gasteiger partial charge in [0.05, 0.1) is 13.2 Å². The van der Waals surface area contributed by atoms with Crippen molar-refractivity contribution in [3.8, 4) is 16.9 Å². The number of isocyanates is 1. The molecule has 54 heavy (non-hydrogen) atoms. The number of nitrogens with one attached hydrogen (secondary N) is 5. The third-order valence-electron chi connectivity index (χ3n) is 8.47. The van der Waals surface area contributed by atoms with E-state index in [1.165, 1.54) is 6.08 Å². The molecule has 0 fully saturated rings. The van der Waals surface area contributed by atoms with Crippen molar-refractivity contribution in [3.63, 3.8) is 0 Å². The monoisotopic (exact) mass is 732 g/mol. The number of hydrogen-bond acceptors (Lipinski definition) is 8. The highest BCUT2D eigenvalue weighted by Gasteiger charge is 2.30. The molecule has 13 nitrogen and oxygen atoms in total. The summed E-state index contributed by atoms with van der Waals surface area (Å²) in [6, 6.07) is 30.5. The molecule has 2 atom stereocenters. The normalized spacial score (nSPS) is 12.8. The summed E-state index contributed by atoms with van der Waals surface area (Å²) in [6.45, 7) is 5.17. The first kappa shape index (κ1) is 38.8. The number of nitrogens with zero attached hydrogens (tertiary/aromatic N) is 1. The van der Waals surface area contributed by atoms with E-state index in [-0.39, 0.29) is 32.0 Å². The van der Waals surface area contributed by atoms with Crippen LogP contribution in [0.5, 0.6) is 5.75 Å². The molecule has 0 unspecified atom stereocenters. The van der Waals surface area contributed by atoms with E-state index >= 15 is 0 Å². The van der Waals surface area contributed by atoms with E-state index in [2.05, 4.69) is 31.6 Å². The minimum Gasteiger partial charge on any atom is -0.488 e. The second-order valence-electron chi connectivity index (χ2n) is 13.7. The summed E-state index contributed by atoms with van der Waals surface area (Å²) in [5.74, 6) is -0.667. The van der Waals surface area contributed by atoms with Crippen LogP contribution in [0.25, 0.3) is 11.1 Å². The van der Waals surface area contributed by atoms with Gasteiger partial charge in [0.15, 0.2) is 0 Å². The largest absolute Gasteiger partial charge is 0.488 e. The summed E-state index contributed by atoms with van der Waals surface area (Å²) in [6.07, 6.45) is 0.202. The van der Waals surface area contributed by atoms with Gasteiger partial charge in [-0.3, -0.25) is 9.59 Å². The number of carbonyl (C=O) groups excluding carboxylic acids is 5. The highest BCUT2D eigenvalue weighted by Crippen LogP contribution is 2.44. The van der Waals surface area contributed by atoms with Crippen molar-refractivity contribution in [2.45, 2.75) is 57.3 Å². The molecule has 280 valence electrons. The first-order valence-corrected chi connectivity index (χ1v) is 17.6. The molecule has 1 aliphatic rings. The van der Waals surface area contributed by atoms with Crippen molar-refractivity contribution in [1.29, 1.82) is 0 Å². The van der Waals surface area contributed by atoms with Gasteiger partial charge >= 0.3 is 12.1 Å². The van der Waals surface area contributed by atoms with Crippen LogP contribution in [0, 0.1) is 0 Å². The molecule has 0 heterocycles. The smallest absolute Gasteiger partial charge is 0.407 e. The summed E-state index contributed by atoms with van der Waals surface area (Å²) < 4.78 is 11.6. The molecule has 4 aromatic carbocycles. The number of amides is 5. The van der Waals surface area contributed by atoms with E-state index < -0.39 is 48.3 Å². The number of alkyl carbamates (subject to hydrolysis) is 1. The number of benzene rings is 4. The van der Waals surface area contributed by atoms with Crippen molar-refractivity contribution in [1.82, 2.24) is 26.6 Å². The lowest BCUT2D eigenvalue weighted by molar-refractivity contribution is -0.123. The quantitative estimate of drug-likeness (QED) is 0.0668. The topological polar surface area (TPSA) is 176 Å². The Morgan fingerprint density at radius 3 is 1.98 bits per heavy atom. The van der Waals surface area contributed by atoms with Gasteiger partial charge in [0, 0.05) is 18.8 Å². The first-order valence-electron chi connectivity index (χ1n) is 17.6. The van der Waals surface area contributed by atoms with E-state index in [9.17, 15) is 24.0 Å². The van der Waals surface area contributed by atoms with Crippen LogP contribution in [-0.2, 0) is 32.0 Å². The van der Waals surface area contributed by atoms with Crippen molar-refractivity contribution < 1.29 is 33.4 Å². The standard InChI is InChI=1S/C41H44N6O7/c1-41(2,3)54-29-19-17-28(18-20-29)21-35(46-40(52)53-24-34-32-15-9-7-13-30(32)31-14-8-10-16-33(31)34)38(50)43-25-44-39(51)42-23-37(49)47-36(45-26-48)22-27-11-5-4-6-12-27/h4-20,34-36H,21-25H2,1-3H3,(H,43,50)(H,46,52)(H,47,49)(H2,42,44,51)/t35-,36-/m0/s1. The average molecular weight is 733 g/mol. The van der Waals surface area contributed by atoms with Crippen LogP contribution in [-0.4, -0.2) is 67.6 Å². The van der Waals surface area contributed by atoms with Gasteiger partial charge in [0.2, 0.25) is 17.9 Å². The number of hydrogen-bond donors (Lipinski definition) is 5. The van der Waals surface area contributed by atoms with Crippen LogP contribution in [0.1, 0.15) is 48.9 Å². The average Bonchev–Trinajstić information content (AvgIpc) is 3.47. The fourth-order valence-electron chi connectivity index (χ4n) is 6.10. The van der Waals surface area contributed by atoms with E-state index in [0.29, 0.717) is 5.75 Å². The third-order valence-corrected chi connectivity index (χ3v) is 8.47. The van der Waals surface area contributed by atoms with Gasteiger partial charge in [0.1, 0.15) is 30.2 Å². The Morgan fingerprint density at radius 1 is 0.741 bits per heavy atom. The second kappa shape index (κ2) is 18.3. The predicted molar refractivity (Wildman–Crippen MR) is 202 cm³/mol.